The number of halogens is 3. The van der Waals surface area contributed by atoms with Crippen LogP contribution in [0.4, 0.5) is 13.2 Å². The van der Waals surface area contributed by atoms with Gasteiger partial charge in [-0.1, -0.05) is 72.4 Å². The number of thioether (sulfide) groups is 1. The van der Waals surface area contributed by atoms with Crippen molar-refractivity contribution < 1.29 is 22.8 Å². The van der Waals surface area contributed by atoms with Crippen molar-refractivity contribution in [3.05, 3.63) is 95.6 Å². The summed E-state index contributed by atoms with van der Waals surface area (Å²) in [6, 6.07) is 21.9. The molecule has 174 valence electrons. The number of amides is 2. The normalized spacial score (nSPS) is 11.5. The van der Waals surface area contributed by atoms with Gasteiger partial charge in [-0.3, -0.25) is 14.9 Å². The lowest BCUT2D eigenvalue weighted by molar-refractivity contribution is -0.137. The van der Waals surface area contributed by atoms with Gasteiger partial charge in [-0.25, -0.2) is 4.98 Å². The van der Waals surface area contributed by atoms with Crippen molar-refractivity contribution in [3.8, 4) is 0 Å². The molecule has 0 fully saturated rings. The van der Waals surface area contributed by atoms with E-state index >= 15 is 0 Å². The Morgan fingerprint density at radius 1 is 0.882 bits per heavy atom. The van der Waals surface area contributed by atoms with Crippen LogP contribution in [-0.2, 0) is 28.7 Å². The third-order valence-electron chi connectivity index (χ3n) is 5.04. The summed E-state index contributed by atoms with van der Waals surface area (Å²) in [5.41, 5.74) is 1.65. The van der Waals surface area contributed by atoms with Crippen LogP contribution < -0.4 is 5.32 Å². The number of imidazole rings is 1. The first-order chi connectivity index (χ1) is 16.3. The van der Waals surface area contributed by atoms with E-state index in [9.17, 15) is 22.8 Å². The SMILES string of the molecule is O=C(CSc1nc2cc(C(F)(F)F)ccc2n1Cc1ccccc1)NC(=O)Cc1ccccc1. The molecule has 3 aromatic carbocycles. The van der Waals surface area contributed by atoms with E-state index in [1.54, 1.807) is 16.7 Å². The van der Waals surface area contributed by atoms with Gasteiger partial charge in [0.05, 0.1) is 35.3 Å². The molecule has 2 amide bonds. The molecule has 4 rings (SSSR count). The van der Waals surface area contributed by atoms with Gasteiger partial charge in [-0.2, -0.15) is 13.2 Å². The molecule has 34 heavy (non-hydrogen) atoms. The van der Waals surface area contributed by atoms with Gasteiger partial charge in [-0.05, 0) is 29.3 Å². The van der Waals surface area contributed by atoms with E-state index in [1.807, 2.05) is 48.5 Å². The first-order valence-electron chi connectivity index (χ1n) is 10.4. The Hall–Kier alpha value is -3.59. The van der Waals surface area contributed by atoms with Gasteiger partial charge < -0.3 is 4.57 Å². The lowest BCUT2D eigenvalue weighted by Crippen LogP contribution is -2.33. The van der Waals surface area contributed by atoms with Crippen molar-refractivity contribution in [1.82, 2.24) is 14.9 Å². The van der Waals surface area contributed by atoms with E-state index in [0.29, 0.717) is 17.2 Å². The summed E-state index contributed by atoms with van der Waals surface area (Å²) in [4.78, 5) is 28.9. The zero-order chi connectivity index (χ0) is 24.1. The molecule has 0 aliphatic carbocycles. The maximum absolute atomic E-state index is 13.2. The van der Waals surface area contributed by atoms with Crippen LogP contribution in [0.25, 0.3) is 11.0 Å². The van der Waals surface area contributed by atoms with Gasteiger partial charge in [0.1, 0.15) is 0 Å². The number of carbonyl (C=O) groups is 2. The number of imide groups is 1. The van der Waals surface area contributed by atoms with Crippen molar-refractivity contribution in [2.45, 2.75) is 24.3 Å². The summed E-state index contributed by atoms with van der Waals surface area (Å²) in [5.74, 6) is -1.03. The van der Waals surface area contributed by atoms with Gasteiger partial charge in [0, 0.05) is 0 Å². The number of alkyl halides is 3. The van der Waals surface area contributed by atoms with E-state index in [4.69, 9.17) is 0 Å². The number of aromatic nitrogens is 2. The Labute approximate surface area is 198 Å². The Morgan fingerprint density at radius 2 is 1.53 bits per heavy atom. The number of fused-ring (bicyclic) bond motifs is 1. The van der Waals surface area contributed by atoms with E-state index in [-0.39, 0.29) is 17.7 Å². The molecule has 5 nitrogen and oxygen atoms in total. The molecule has 0 atom stereocenters. The monoisotopic (exact) mass is 483 g/mol. The van der Waals surface area contributed by atoms with Gasteiger partial charge in [0.15, 0.2) is 5.16 Å². The summed E-state index contributed by atoms with van der Waals surface area (Å²) in [6.45, 7) is 0.375. The predicted octanol–water partition coefficient (Wildman–Crippen LogP) is 5.08. The van der Waals surface area contributed by atoms with Crippen LogP contribution >= 0.6 is 11.8 Å². The topological polar surface area (TPSA) is 64.0 Å². The number of benzene rings is 3. The molecule has 1 N–H and O–H groups in total. The minimum absolute atomic E-state index is 0.0734. The van der Waals surface area contributed by atoms with Crippen LogP contribution in [0.1, 0.15) is 16.7 Å². The average molecular weight is 484 g/mol. The minimum atomic E-state index is -4.48. The maximum atomic E-state index is 13.2. The van der Waals surface area contributed by atoms with E-state index < -0.39 is 23.6 Å². The molecule has 0 aliphatic heterocycles. The third kappa shape index (κ3) is 5.85. The molecule has 0 spiro atoms. The van der Waals surface area contributed by atoms with E-state index in [0.717, 1.165) is 35.0 Å². The molecule has 0 aliphatic rings. The third-order valence-corrected chi connectivity index (χ3v) is 6.02. The Balaban J connectivity index is 1.52. The van der Waals surface area contributed by atoms with Gasteiger partial charge in [0.2, 0.25) is 11.8 Å². The van der Waals surface area contributed by atoms with Crippen molar-refractivity contribution >= 4 is 34.6 Å². The van der Waals surface area contributed by atoms with Gasteiger partial charge in [-0.15, -0.1) is 0 Å². The zero-order valence-corrected chi connectivity index (χ0v) is 18.7. The second-order valence-electron chi connectivity index (χ2n) is 7.59. The largest absolute Gasteiger partial charge is 0.416 e. The smallest absolute Gasteiger partial charge is 0.314 e. The summed E-state index contributed by atoms with van der Waals surface area (Å²) in [5, 5.41) is 2.74. The highest BCUT2D eigenvalue weighted by Crippen LogP contribution is 2.33. The second-order valence-corrected chi connectivity index (χ2v) is 8.53. The molecule has 1 aromatic heterocycles. The number of rotatable bonds is 7. The van der Waals surface area contributed by atoms with Gasteiger partial charge in [0.25, 0.3) is 0 Å². The first kappa shape index (κ1) is 23.6. The molecule has 4 aromatic rings. The fraction of sp³-hybridized carbons (Fsp3) is 0.160. The highest BCUT2D eigenvalue weighted by atomic mass is 32.2. The number of hydrogen-bond donors (Lipinski definition) is 1. The average Bonchev–Trinajstić information content (AvgIpc) is 3.15. The van der Waals surface area contributed by atoms with Gasteiger partial charge >= 0.3 is 6.18 Å². The number of nitrogens with one attached hydrogen (secondary N) is 1. The maximum Gasteiger partial charge on any atom is 0.416 e. The molecular formula is C25H20F3N3O2S. The molecule has 9 heteroatoms. The lowest BCUT2D eigenvalue weighted by Gasteiger charge is -2.10. The molecule has 1 heterocycles. The molecule has 0 saturated heterocycles. The van der Waals surface area contributed by atoms with Crippen LogP contribution in [-0.4, -0.2) is 27.1 Å². The van der Waals surface area contributed by atoms with E-state index in [1.165, 1.54) is 6.07 Å². The van der Waals surface area contributed by atoms with Crippen LogP contribution in [0.2, 0.25) is 0 Å². The standard InChI is InChI=1S/C25H20F3N3O2S/c26-25(27,28)19-11-12-21-20(14-19)29-24(31(21)15-18-9-5-2-6-10-18)34-16-23(33)30-22(32)13-17-7-3-1-4-8-17/h1-12,14H,13,15-16H2,(H,30,32,33). The number of hydrogen-bond acceptors (Lipinski definition) is 4. The predicted molar refractivity (Wildman–Crippen MR) is 124 cm³/mol. The number of nitrogens with zero attached hydrogens (tertiary/aromatic N) is 2. The fourth-order valence-corrected chi connectivity index (χ4v) is 4.27. The summed E-state index contributed by atoms with van der Waals surface area (Å²) in [6.07, 6.45) is -4.41. The van der Waals surface area contributed by atoms with Crippen molar-refractivity contribution in [3.63, 3.8) is 0 Å². The Bertz CT molecular complexity index is 1310. The molecule has 0 bridgehead atoms. The summed E-state index contributed by atoms with van der Waals surface area (Å²) in [7, 11) is 0. The van der Waals surface area contributed by atoms with Crippen molar-refractivity contribution in [2.24, 2.45) is 0 Å². The number of carbonyl (C=O) groups excluding carboxylic acids is 2. The first-order valence-corrected chi connectivity index (χ1v) is 11.4. The van der Waals surface area contributed by atoms with Crippen LogP contribution in [0.15, 0.2) is 84.0 Å². The molecule has 0 saturated carbocycles. The highest BCUT2D eigenvalue weighted by molar-refractivity contribution is 7.99. The quantitative estimate of drug-likeness (QED) is 0.373. The minimum Gasteiger partial charge on any atom is -0.314 e. The highest BCUT2D eigenvalue weighted by Gasteiger charge is 2.31. The summed E-state index contributed by atoms with van der Waals surface area (Å²) >= 11 is 1.07. The molecule has 0 radical (unpaired) electrons. The Kier molecular flexibility index (Phi) is 7.02. The van der Waals surface area contributed by atoms with Crippen molar-refractivity contribution in [2.75, 3.05) is 5.75 Å². The molecule has 0 unspecified atom stereocenters. The van der Waals surface area contributed by atoms with Crippen LogP contribution in [0.5, 0.6) is 0 Å². The van der Waals surface area contributed by atoms with Crippen LogP contribution in [0.3, 0.4) is 0 Å². The zero-order valence-electron chi connectivity index (χ0n) is 17.9. The molecular weight excluding hydrogens is 463 g/mol. The second kappa shape index (κ2) is 10.1. The van der Waals surface area contributed by atoms with E-state index in [2.05, 4.69) is 10.3 Å². The fourth-order valence-electron chi connectivity index (χ4n) is 3.46. The van der Waals surface area contributed by atoms with Crippen LogP contribution in [0, 0.1) is 0 Å². The summed E-state index contributed by atoms with van der Waals surface area (Å²) < 4.78 is 41.3. The Morgan fingerprint density at radius 3 is 2.18 bits per heavy atom. The lowest BCUT2D eigenvalue weighted by atomic mass is 10.1. The van der Waals surface area contributed by atoms with Crippen molar-refractivity contribution in [1.29, 1.82) is 0 Å².